The van der Waals surface area contributed by atoms with Crippen molar-refractivity contribution >= 4 is 27.5 Å². The number of hydrogen-bond donors (Lipinski definition) is 1. The second-order valence-corrected chi connectivity index (χ2v) is 5.36. The Bertz CT molecular complexity index is 1230. The highest BCUT2D eigenvalue weighted by atomic mass is 19.1. The van der Waals surface area contributed by atoms with Crippen LogP contribution in [-0.2, 0) is 0 Å². The molecule has 0 unspecified atom stereocenters. The van der Waals surface area contributed by atoms with Crippen molar-refractivity contribution in [3.8, 4) is 5.69 Å². The van der Waals surface area contributed by atoms with E-state index in [2.05, 4.69) is 10.1 Å². The number of aromatic nitrogens is 3. The molecular formula is C16H8F2N4O3. The van der Waals surface area contributed by atoms with Crippen LogP contribution in [0.15, 0.2) is 47.4 Å². The lowest BCUT2D eigenvalue weighted by Gasteiger charge is -2.01. The van der Waals surface area contributed by atoms with Gasteiger partial charge < -0.3 is 0 Å². The second-order valence-electron chi connectivity index (χ2n) is 5.36. The van der Waals surface area contributed by atoms with Crippen molar-refractivity contribution in [3.05, 3.63) is 74.7 Å². The third-order valence-electron chi connectivity index (χ3n) is 3.85. The van der Waals surface area contributed by atoms with Gasteiger partial charge in [0.2, 0.25) is 0 Å². The number of nitrogens with one attached hydrogen (secondary N) is 1. The van der Waals surface area contributed by atoms with Crippen molar-refractivity contribution in [1.82, 2.24) is 14.8 Å². The van der Waals surface area contributed by atoms with Gasteiger partial charge in [0, 0.05) is 29.8 Å². The number of aromatic amines is 1. The minimum absolute atomic E-state index is 0.0821. The van der Waals surface area contributed by atoms with Gasteiger partial charge in [-0.15, -0.1) is 0 Å². The molecule has 7 nitrogen and oxygen atoms in total. The van der Waals surface area contributed by atoms with Gasteiger partial charge in [0.05, 0.1) is 21.5 Å². The van der Waals surface area contributed by atoms with Gasteiger partial charge in [-0.3, -0.25) is 25.0 Å². The topological polar surface area (TPSA) is 93.8 Å². The average molecular weight is 342 g/mol. The van der Waals surface area contributed by atoms with E-state index in [1.54, 1.807) is 0 Å². The van der Waals surface area contributed by atoms with E-state index in [-0.39, 0.29) is 33.2 Å². The number of rotatable bonds is 2. The van der Waals surface area contributed by atoms with Gasteiger partial charge in [0.25, 0.3) is 11.2 Å². The highest BCUT2D eigenvalue weighted by Gasteiger charge is 2.16. The maximum atomic E-state index is 13.9. The zero-order valence-corrected chi connectivity index (χ0v) is 12.4. The summed E-state index contributed by atoms with van der Waals surface area (Å²) in [5.74, 6) is -1.65. The number of fused-ring (bicyclic) bond motifs is 3. The van der Waals surface area contributed by atoms with Gasteiger partial charge in [-0.2, -0.15) is 0 Å². The summed E-state index contributed by atoms with van der Waals surface area (Å²) in [4.78, 5) is 26.8. The van der Waals surface area contributed by atoms with Crippen molar-refractivity contribution in [2.45, 2.75) is 0 Å². The largest absolute Gasteiger partial charge is 0.290 e. The van der Waals surface area contributed by atoms with Crippen LogP contribution < -0.4 is 5.56 Å². The smallest absolute Gasteiger partial charge is 0.280 e. The number of pyridine rings is 1. The normalized spacial score (nSPS) is 11.3. The van der Waals surface area contributed by atoms with E-state index in [4.69, 9.17) is 0 Å². The van der Waals surface area contributed by atoms with Crippen molar-refractivity contribution in [2.75, 3.05) is 0 Å². The van der Waals surface area contributed by atoms with Gasteiger partial charge in [-0.25, -0.2) is 13.5 Å². The molecule has 0 aliphatic heterocycles. The number of benzene rings is 2. The van der Waals surface area contributed by atoms with Gasteiger partial charge in [0.1, 0.15) is 11.3 Å². The first-order valence-corrected chi connectivity index (χ1v) is 7.09. The van der Waals surface area contributed by atoms with Crippen molar-refractivity contribution in [3.63, 3.8) is 0 Å². The monoisotopic (exact) mass is 342 g/mol. The van der Waals surface area contributed by atoms with E-state index >= 15 is 0 Å². The maximum Gasteiger partial charge on any atom is 0.280 e. The van der Waals surface area contributed by atoms with Crippen LogP contribution in [0, 0.1) is 21.7 Å². The summed E-state index contributed by atoms with van der Waals surface area (Å²) < 4.78 is 28.5. The lowest BCUT2D eigenvalue weighted by Crippen LogP contribution is -2.14. The van der Waals surface area contributed by atoms with Crippen LogP contribution in [0.2, 0.25) is 0 Å². The summed E-state index contributed by atoms with van der Waals surface area (Å²) in [5.41, 5.74) is -0.389. The zero-order valence-electron chi connectivity index (χ0n) is 12.4. The quantitative estimate of drug-likeness (QED) is 0.447. The molecule has 4 aromatic rings. The van der Waals surface area contributed by atoms with Crippen LogP contribution in [0.4, 0.5) is 14.5 Å². The van der Waals surface area contributed by atoms with Crippen LogP contribution in [0.25, 0.3) is 27.5 Å². The molecule has 4 rings (SSSR count). The van der Waals surface area contributed by atoms with E-state index in [9.17, 15) is 23.7 Å². The molecule has 2 heterocycles. The average Bonchev–Trinajstić information content (AvgIpc) is 2.92. The molecule has 9 heteroatoms. The molecule has 0 aliphatic rings. The Balaban J connectivity index is 2.06. The number of nitro benzene ring substituents is 1. The predicted molar refractivity (Wildman–Crippen MR) is 85.8 cm³/mol. The van der Waals surface area contributed by atoms with Crippen molar-refractivity contribution < 1.29 is 13.7 Å². The number of H-pyrrole nitrogens is 1. The molecule has 124 valence electrons. The standard InChI is InChI=1S/C16H8F2N4O3/c17-8-4-11-14-12(7-19-15(11)13(18)5-8)16(23)21(20-14)9-2-1-3-10(6-9)22(24)25/h1-7,20H. The number of nitrogens with zero attached hydrogens (tertiary/aromatic N) is 3. The lowest BCUT2D eigenvalue weighted by atomic mass is 10.1. The Kier molecular flexibility index (Phi) is 3.11. The Labute approximate surface area is 137 Å². The summed E-state index contributed by atoms with van der Waals surface area (Å²) in [6.07, 6.45) is 1.19. The maximum absolute atomic E-state index is 13.9. The van der Waals surface area contributed by atoms with Crippen LogP contribution in [0.3, 0.4) is 0 Å². The minimum Gasteiger partial charge on any atom is -0.290 e. The third kappa shape index (κ3) is 2.24. The first-order valence-electron chi connectivity index (χ1n) is 7.09. The van der Waals surface area contributed by atoms with Crippen LogP contribution in [0.1, 0.15) is 0 Å². The first-order chi connectivity index (χ1) is 12.0. The fourth-order valence-corrected chi connectivity index (χ4v) is 2.72. The third-order valence-corrected chi connectivity index (χ3v) is 3.85. The summed E-state index contributed by atoms with van der Waals surface area (Å²) in [5, 5.41) is 13.9. The molecule has 0 amide bonds. The second kappa shape index (κ2) is 5.20. The molecule has 0 saturated heterocycles. The molecule has 25 heavy (non-hydrogen) atoms. The fraction of sp³-hybridized carbons (Fsp3) is 0. The molecular weight excluding hydrogens is 334 g/mol. The number of nitro groups is 1. The number of non-ortho nitro benzene ring substituents is 1. The van der Waals surface area contributed by atoms with Crippen molar-refractivity contribution in [1.29, 1.82) is 0 Å². The molecule has 1 N–H and O–H groups in total. The summed E-state index contributed by atoms with van der Waals surface area (Å²) >= 11 is 0. The Morgan fingerprint density at radius 3 is 2.72 bits per heavy atom. The van der Waals surface area contributed by atoms with Gasteiger partial charge in [-0.05, 0) is 12.1 Å². The molecule has 2 aromatic carbocycles. The summed E-state index contributed by atoms with van der Waals surface area (Å²) in [6.45, 7) is 0. The van der Waals surface area contributed by atoms with E-state index in [0.717, 1.165) is 10.7 Å². The highest BCUT2D eigenvalue weighted by Crippen LogP contribution is 2.24. The zero-order chi connectivity index (χ0) is 17.7. The SMILES string of the molecule is O=c1c2cnc3c(F)cc(F)cc3c2[nH]n1-c1cccc([N+](=O)[O-])c1. The number of hydrogen-bond acceptors (Lipinski definition) is 4. The fourth-order valence-electron chi connectivity index (χ4n) is 2.72. The first kappa shape index (κ1) is 14.9. The van der Waals surface area contributed by atoms with E-state index in [0.29, 0.717) is 6.07 Å². The highest BCUT2D eigenvalue weighted by molar-refractivity contribution is 6.02. The van der Waals surface area contributed by atoms with Crippen molar-refractivity contribution in [2.24, 2.45) is 0 Å². The summed E-state index contributed by atoms with van der Waals surface area (Å²) in [7, 11) is 0. The molecule has 2 aromatic heterocycles. The molecule has 0 bridgehead atoms. The van der Waals surface area contributed by atoms with Gasteiger partial charge in [0.15, 0.2) is 5.82 Å². The van der Waals surface area contributed by atoms with Crippen LogP contribution in [-0.4, -0.2) is 19.7 Å². The van der Waals surface area contributed by atoms with E-state index in [1.165, 1.54) is 30.5 Å². The van der Waals surface area contributed by atoms with Gasteiger partial charge >= 0.3 is 0 Å². The Morgan fingerprint density at radius 1 is 1.16 bits per heavy atom. The minimum atomic E-state index is -0.846. The van der Waals surface area contributed by atoms with Crippen LogP contribution in [0.5, 0.6) is 0 Å². The molecule has 0 radical (unpaired) electrons. The Hall–Kier alpha value is -3.62. The van der Waals surface area contributed by atoms with E-state index < -0.39 is 22.1 Å². The Morgan fingerprint density at radius 2 is 1.96 bits per heavy atom. The molecule has 0 spiro atoms. The lowest BCUT2D eigenvalue weighted by molar-refractivity contribution is -0.384. The summed E-state index contributed by atoms with van der Waals surface area (Å²) in [6, 6.07) is 7.21. The van der Waals surface area contributed by atoms with Crippen LogP contribution >= 0.6 is 0 Å². The molecule has 0 saturated carbocycles. The van der Waals surface area contributed by atoms with E-state index in [1.807, 2.05) is 0 Å². The molecule has 0 fully saturated rings. The van der Waals surface area contributed by atoms with Gasteiger partial charge in [-0.1, -0.05) is 6.07 Å². The predicted octanol–water partition coefficient (Wildman–Crippen LogP) is 3.05. The molecule has 0 aliphatic carbocycles. The number of halogens is 2. The molecule has 0 atom stereocenters.